The average molecular weight is 420 g/mol. The fraction of sp³-hybridized carbons (Fsp3) is 0.458. The maximum atomic E-state index is 12.8. The summed E-state index contributed by atoms with van der Waals surface area (Å²) in [5, 5.41) is 4.12. The average Bonchev–Trinajstić information content (AvgIpc) is 2.80. The van der Waals surface area contributed by atoms with E-state index < -0.39 is 0 Å². The second kappa shape index (κ2) is 8.77. The molecule has 2 aliphatic rings. The Morgan fingerprint density at radius 2 is 2.03 bits per heavy atom. The van der Waals surface area contributed by atoms with Crippen LogP contribution in [0.3, 0.4) is 0 Å². The lowest BCUT2D eigenvalue weighted by Crippen LogP contribution is -2.35. The van der Waals surface area contributed by atoms with Gasteiger partial charge in [0.2, 0.25) is 0 Å². The van der Waals surface area contributed by atoms with Crippen molar-refractivity contribution in [3.05, 3.63) is 64.0 Å². The molecule has 3 aromatic rings. The van der Waals surface area contributed by atoms with Gasteiger partial charge in [0.25, 0.3) is 5.56 Å². The highest BCUT2D eigenvalue weighted by Gasteiger charge is 2.24. The number of benzene rings is 1. The Morgan fingerprint density at radius 3 is 2.90 bits per heavy atom. The number of nitrogens with one attached hydrogen (secondary N) is 2. The van der Waals surface area contributed by atoms with E-state index in [0.717, 1.165) is 43.9 Å². The largest absolute Gasteiger partial charge is 0.482 e. The first-order valence-corrected chi connectivity index (χ1v) is 11.2. The van der Waals surface area contributed by atoms with Crippen molar-refractivity contribution in [1.29, 1.82) is 0 Å². The molecule has 2 aliphatic heterocycles. The third kappa shape index (κ3) is 4.34. The smallest absolute Gasteiger partial charge is 0.258 e. The van der Waals surface area contributed by atoms with Gasteiger partial charge in [0.1, 0.15) is 11.3 Å². The lowest BCUT2D eigenvalue weighted by atomic mass is 9.97. The standard InChI is InChI=1S/C24H29N5O2/c1-29-12-9-16(10-13-29)14-25-15-19-22-18(8-11-26-19)24(30)28-23(27-22)21-7-6-17-4-2-3-5-20(17)31-21/h2-5,8,11,16,21,25H,6-7,9-10,12-15H2,1H3,(H,27,28,30). The van der Waals surface area contributed by atoms with Gasteiger partial charge < -0.3 is 19.9 Å². The minimum Gasteiger partial charge on any atom is -0.482 e. The van der Waals surface area contributed by atoms with Crippen LogP contribution in [0.2, 0.25) is 0 Å². The molecular weight excluding hydrogens is 390 g/mol. The van der Waals surface area contributed by atoms with E-state index in [9.17, 15) is 4.79 Å². The SMILES string of the molecule is CN1CCC(CNCc2nccc3c(=O)[nH]c(C4CCc5ccccc5O4)nc23)CC1. The molecule has 5 rings (SSSR count). The maximum absolute atomic E-state index is 12.8. The molecule has 1 aromatic carbocycles. The van der Waals surface area contributed by atoms with Crippen LogP contribution in [0.1, 0.15) is 42.4 Å². The third-order valence-corrected chi connectivity index (χ3v) is 6.50. The summed E-state index contributed by atoms with van der Waals surface area (Å²) < 4.78 is 6.16. The second-order valence-corrected chi connectivity index (χ2v) is 8.74. The monoisotopic (exact) mass is 419 g/mol. The number of aromatic nitrogens is 3. The molecule has 0 radical (unpaired) electrons. The molecule has 0 bridgehead atoms. The highest BCUT2D eigenvalue weighted by atomic mass is 16.5. The summed E-state index contributed by atoms with van der Waals surface area (Å²) in [7, 11) is 2.18. The Kier molecular flexibility index (Phi) is 5.70. The van der Waals surface area contributed by atoms with Crippen LogP contribution < -0.4 is 15.6 Å². The highest BCUT2D eigenvalue weighted by Crippen LogP contribution is 2.33. The Morgan fingerprint density at radius 1 is 1.19 bits per heavy atom. The summed E-state index contributed by atoms with van der Waals surface area (Å²) in [4.78, 5) is 27.5. The van der Waals surface area contributed by atoms with Crippen molar-refractivity contribution < 1.29 is 4.74 Å². The first-order chi connectivity index (χ1) is 15.2. The Bertz CT molecular complexity index is 1120. The Labute approximate surface area is 181 Å². The number of likely N-dealkylation sites (tertiary alicyclic amines) is 1. The molecule has 1 unspecified atom stereocenters. The van der Waals surface area contributed by atoms with Gasteiger partial charge in [-0.15, -0.1) is 0 Å². The van der Waals surface area contributed by atoms with Gasteiger partial charge in [0.15, 0.2) is 11.9 Å². The highest BCUT2D eigenvalue weighted by molar-refractivity contribution is 5.79. The van der Waals surface area contributed by atoms with Crippen LogP contribution in [0.4, 0.5) is 0 Å². The molecule has 2 N–H and O–H groups in total. The number of rotatable bonds is 5. The number of hydrogen-bond donors (Lipinski definition) is 2. The second-order valence-electron chi connectivity index (χ2n) is 8.74. The molecule has 0 aliphatic carbocycles. The molecular formula is C24H29N5O2. The fourth-order valence-corrected chi connectivity index (χ4v) is 4.60. The van der Waals surface area contributed by atoms with Crippen LogP contribution in [0.15, 0.2) is 41.3 Å². The van der Waals surface area contributed by atoms with Crippen molar-refractivity contribution in [2.45, 2.75) is 38.3 Å². The molecule has 162 valence electrons. The van der Waals surface area contributed by atoms with Crippen molar-refractivity contribution in [2.24, 2.45) is 5.92 Å². The molecule has 0 amide bonds. The van der Waals surface area contributed by atoms with Gasteiger partial charge in [-0.3, -0.25) is 9.78 Å². The van der Waals surface area contributed by atoms with Crippen molar-refractivity contribution in [2.75, 3.05) is 26.7 Å². The summed E-state index contributed by atoms with van der Waals surface area (Å²) >= 11 is 0. The van der Waals surface area contributed by atoms with Crippen LogP contribution in [0.5, 0.6) is 5.75 Å². The number of ether oxygens (including phenoxy) is 1. The molecule has 7 nitrogen and oxygen atoms in total. The quantitative estimate of drug-likeness (QED) is 0.662. The molecule has 2 aromatic heterocycles. The first kappa shape index (κ1) is 20.2. The third-order valence-electron chi connectivity index (χ3n) is 6.50. The van der Waals surface area contributed by atoms with Gasteiger partial charge in [0.05, 0.1) is 11.1 Å². The number of hydrogen-bond acceptors (Lipinski definition) is 6. The zero-order valence-corrected chi connectivity index (χ0v) is 17.9. The van der Waals surface area contributed by atoms with E-state index in [-0.39, 0.29) is 11.7 Å². The predicted octanol–water partition coefficient (Wildman–Crippen LogP) is 2.82. The van der Waals surface area contributed by atoms with E-state index in [2.05, 4.69) is 33.3 Å². The zero-order chi connectivity index (χ0) is 21.2. The van der Waals surface area contributed by atoms with Gasteiger partial charge in [-0.05, 0) is 76.0 Å². The molecule has 31 heavy (non-hydrogen) atoms. The van der Waals surface area contributed by atoms with E-state index in [1.165, 1.54) is 18.4 Å². The molecule has 0 saturated carbocycles. The summed E-state index contributed by atoms with van der Waals surface area (Å²) in [5.41, 5.74) is 2.54. The summed E-state index contributed by atoms with van der Waals surface area (Å²) in [6, 6.07) is 9.79. The van der Waals surface area contributed by atoms with Gasteiger partial charge in [0, 0.05) is 12.7 Å². The number of piperidine rings is 1. The van der Waals surface area contributed by atoms with Crippen LogP contribution in [0.25, 0.3) is 10.9 Å². The van der Waals surface area contributed by atoms with E-state index in [0.29, 0.717) is 29.2 Å². The Balaban J connectivity index is 1.35. The van der Waals surface area contributed by atoms with Gasteiger partial charge in [-0.25, -0.2) is 4.98 Å². The minimum absolute atomic E-state index is 0.138. The molecule has 4 heterocycles. The fourth-order valence-electron chi connectivity index (χ4n) is 4.60. The van der Waals surface area contributed by atoms with E-state index >= 15 is 0 Å². The number of para-hydroxylation sites is 1. The van der Waals surface area contributed by atoms with Gasteiger partial charge in [-0.2, -0.15) is 0 Å². The number of pyridine rings is 1. The molecule has 7 heteroatoms. The van der Waals surface area contributed by atoms with Gasteiger partial charge in [-0.1, -0.05) is 18.2 Å². The number of fused-ring (bicyclic) bond motifs is 2. The Hall–Kier alpha value is -2.77. The summed E-state index contributed by atoms with van der Waals surface area (Å²) in [5.74, 6) is 2.14. The molecule has 1 atom stereocenters. The number of aromatic amines is 1. The lowest BCUT2D eigenvalue weighted by Gasteiger charge is -2.29. The van der Waals surface area contributed by atoms with E-state index in [4.69, 9.17) is 9.72 Å². The van der Waals surface area contributed by atoms with Gasteiger partial charge >= 0.3 is 0 Å². The van der Waals surface area contributed by atoms with Crippen molar-refractivity contribution >= 4 is 10.9 Å². The van der Waals surface area contributed by atoms with Crippen LogP contribution in [0, 0.1) is 5.92 Å². The number of nitrogens with zero attached hydrogens (tertiary/aromatic N) is 3. The van der Waals surface area contributed by atoms with Crippen molar-refractivity contribution in [3.63, 3.8) is 0 Å². The zero-order valence-electron chi connectivity index (χ0n) is 17.9. The van der Waals surface area contributed by atoms with E-state index in [1.54, 1.807) is 12.3 Å². The van der Waals surface area contributed by atoms with Crippen LogP contribution >= 0.6 is 0 Å². The topological polar surface area (TPSA) is 83.1 Å². The van der Waals surface area contributed by atoms with Crippen LogP contribution in [-0.2, 0) is 13.0 Å². The number of aryl methyl sites for hydroxylation is 1. The lowest BCUT2D eigenvalue weighted by molar-refractivity contribution is 0.167. The van der Waals surface area contributed by atoms with Crippen molar-refractivity contribution in [1.82, 2.24) is 25.2 Å². The van der Waals surface area contributed by atoms with Crippen LogP contribution in [-0.4, -0.2) is 46.5 Å². The number of H-pyrrole nitrogens is 1. The minimum atomic E-state index is -0.257. The molecule has 1 fully saturated rings. The molecule has 1 saturated heterocycles. The first-order valence-electron chi connectivity index (χ1n) is 11.2. The summed E-state index contributed by atoms with van der Waals surface area (Å²) in [6.45, 7) is 3.88. The maximum Gasteiger partial charge on any atom is 0.258 e. The molecule has 0 spiro atoms. The van der Waals surface area contributed by atoms with Crippen molar-refractivity contribution in [3.8, 4) is 5.75 Å². The summed E-state index contributed by atoms with van der Waals surface area (Å²) in [6.07, 6.45) is 5.56. The predicted molar refractivity (Wildman–Crippen MR) is 120 cm³/mol. The van der Waals surface area contributed by atoms with E-state index in [1.807, 2.05) is 18.2 Å². The normalized spacial score (nSPS) is 19.8.